The van der Waals surface area contributed by atoms with E-state index in [1.54, 1.807) is 31.4 Å². The number of hydrogen-bond donors (Lipinski definition) is 2. The lowest BCUT2D eigenvalue weighted by atomic mass is 10.1. The van der Waals surface area contributed by atoms with Gasteiger partial charge in [0.1, 0.15) is 0 Å². The van der Waals surface area contributed by atoms with Gasteiger partial charge in [0, 0.05) is 31.4 Å². The Labute approximate surface area is 128 Å². The molecule has 7 heteroatoms. The van der Waals surface area contributed by atoms with Crippen molar-refractivity contribution in [3.63, 3.8) is 0 Å². The van der Waals surface area contributed by atoms with Crippen molar-refractivity contribution in [2.24, 2.45) is 0 Å². The van der Waals surface area contributed by atoms with Crippen LogP contribution in [0.1, 0.15) is 22.7 Å². The summed E-state index contributed by atoms with van der Waals surface area (Å²) in [6, 6.07) is 6.95. The largest absolute Gasteiger partial charge is 0.396 e. The molecule has 0 aliphatic carbocycles. The van der Waals surface area contributed by atoms with E-state index in [9.17, 15) is 4.79 Å². The van der Waals surface area contributed by atoms with Crippen LogP contribution in [-0.4, -0.2) is 48.0 Å². The minimum atomic E-state index is -0.128. The molecule has 2 aromatic rings. The van der Waals surface area contributed by atoms with Crippen molar-refractivity contribution in [3.8, 4) is 11.4 Å². The summed E-state index contributed by atoms with van der Waals surface area (Å²) in [6.07, 6.45) is 1.10. The highest BCUT2D eigenvalue weighted by Gasteiger charge is 2.10. The van der Waals surface area contributed by atoms with Crippen LogP contribution >= 0.6 is 0 Å². The van der Waals surface area contributed by atoms with E-state index in [-0.39, 0.29) is 12.5 Å². The molecule has 1 aromatic heterocycles. The Morgan fingerprint density at radius 3 is 2.82 bits per heavy atom. The summed E-state index contributed by atoms with van der Waals surface area (Å²) in [5.41, 5.74) is 1.32. The number of nitrogens with zero attached hydrogens (tertiary/aromatic N) is 2. The van der Waals surface area contributed by atoms with Crippen molar-refractivity contribution >= 4 is 5.91 Å². The van der Waals surface area contributed by atoms with Gasteiger partial charge in [0.15, 0.2) is 0 Å². The fourth-order valence-corrected chi connectivity index (χ4v) is 1.86. The molecule has 0 bridgehead atoms. The van der Waals surface area contributed by atoms with Gasteiger partial charge in [-0.1, -0.05) is 17.3 Å². The Kier molecular flexibility index (Phi) is 6.05. The minimum Gasteiger partial charge on any atom is -0.396 e. The predicted molar refractivity (Wildman–Crippen MR) is 79.4 cm³/mol. The standard InChI is InChI=1S/C15H19N3O4/c1-21-10-2-8-16-15(20)12-5-3-11(4-6-12)14-17-13(7-9-19)22-18-14/h3-6,19H,2,7-10H2,1H3,(H,16,20). The van der Waals surface area contributed by atoms with E-state index in [0.29, 0.717) is 36.9 Å². The van der Waals surface area contributed by atoms with E-state index in [0.717, 1.165) is 12.0 Å². The van der Waals surface area contributed by atoms with Gasteiger partial charge in [0.25, 0.3) is 5.91 Å². The molecule has 0 spiro atoms. The van der Waals surface area contributed by atoms with Crippen LogP contribution in [0, 0.1) is 0 Å². The molecule has 22 heavy (non-hydrogen) atoms. The zero-order chi connectivity index (χ0) is 15.8. The lowest BCUT2D eigenvalue weighted by Crippen LogP contribution is -2.25. The van der Waals surface area contributed by atoms with Crippen LogP contribution in [0.25, 0.3) is 11.4 Å². The zero-order valence-corrected chi connectivity index (χ0v) is 12.4. The Balaban J connectivity index is 1.95. The van der Waals surface area contributed by atoms with Crippen LogP contribution in [0.2, 0.25) is 0 Å². The summed E-state index contributed by atoms with van der Waals surface area (Å²) in [5.74, 6) is 0.699. The number of rotatable bonds is 8. The van der Waals surface area contributed by atoms with Crippen molar-refractivity contribution in [2.75, 3.05) is 26.9 Å². The van der Waals surface area contributed by atoms with Crippen molar-refractivity contribution in [2.45, 2.75) is 12.8 Å². The topological polar surface area (TPSA) is 97.5 Å². The highest BCUT2D eigenvalue weighted by Crippen LogP contribution is 2.16. The maximum absolute atomic E-state index is 11.9. The average Bonchev–Trinajstić information content (AvgIpc) is 3.00. The maximum atomic E-state index is 11.9. The fraction of sp³-hybridized carbons (Fsp3) is 0.400. The quantitative estimate of drug-likeness (QED) is 0.707. The van der Waals surface area contributed by atoms with Crippen molar-refractivity contribution in [1.82, 2.24) is 15.5 Å². The molecule has 2 N–H and O–H groups in total. The summed E-state index contributed by atoms with van der Waals surface area (Å²) in [4.78, 5) is 16.1. The number of carbonyl (C=O) groups excluding carboxylic acids is 1. The molecule has 1 aromatic carbocycles. The Morgan fingerprint density at radius 2 is 2.14 bits per heavy atom. The van der Waals surface area contributed by atoms with Crippen LogP contribution in [0.5, 0.6) is 0 Å². The van der Waals surface area contributed by atoms with Gasteiger partial charge >= 0.3 is 0 Å². The van der Waals surface area contributed by atoms with Crippen molar-refractivity contribution < 1.29 is 19.2 Å². The van der Waals surface area contributed by atoms with Crippen LogP contribution in [-0.2, 0) is 11.2 Å². The highest BCUT2D eigenvalue weighted by atomic mass is 16.5. The number of benzene rings is 1. The van der Waals surface area contributed by atoms with Crippen LogP contribution in [0.15, 0.2) is 28.8 Å². The first-order valence-corrected chi connectivity index (χ1v) is 7.05. The lowest BCUT2D eigenvalue weighted by Gasteiger charge is -2.05. The van der Waals surface area contributed by atoms with Gasteiger partial charge in [0.05, 0.1) is 13.0 Å². The monoisotopic (exact) mass is 305 g/mol. The van der Waals surface area contributed by atoms with Gasteiger partial charge in [0.2, 0.25) is 11.7 Å². The second kappa shape index (κ2) is 8.26. The number of methoxy groups -OCH3 is 1. The van der Waals surface area contributed by atoms with E-state index in [1.165, 1.54) is 0 Å². The Morgan fingerprint density at radius 1 is 1.36 bits per heavy atom. The first-order chi connectivity index (χ1) is 10.7. The van der Waals surface area contributed by atoms with E-state index in [2.05, 4.69) is 15.5 Å². The molecule has 0 atom stereocenters. The number of nitrogens with one attached hydrogen (secondary N) is 1. The number of aliphatic hydroxyl groups is 1. The third kappa shape index (κ3) is 4.37. The van der Waals surface area contributed by atoms with Gasteiger partial charge in [-0.3, -0.25) is 4.79 Å². The molecule has 0 fully saturated rings. The first-order valence-electron chi connectivity index (χ1n) is 7.05. The number of aromatic nitrogens is 2. The smallest absolute Gasteiger partial charge is 0.251 e. The van der Waals surface area contributed by atoms with Gasteiger partial charge in [-0.25, -0.2) is 0 Å². The minimum absolute atomic E-state index is 0.0379. The number of aliphatic hydroxyl groups excluding tert-OH is 1. The molecular formula is C15H19N3O4. The molecule has 7 nitrogen and oxygen atoms in total. The summed E-state index contributed by atoms with van der Waals surface area (Å²) in [5, 5.41) is 15.5. The number of amides is 1. The van der Waals surface area contributed by atoms with Crippen molar-refractivity contribution in [1.29, 1.82) is 0 Å². The normalized spacial score (nSPS) is 10.6. The number of hydrogen-bond acceptors (Lipinski definition) is 6. The predicted octanol–water partition coefficient (Wildman–Crippen LogP) is 1.04. The van der Waals surface area contributed by atoms with E-state index < -0.39 is 0 Å². The highest BCUT2D eigenvalue weighted by molar-refractivity contribution is 5.94. The lowest BCUT2D eigenvalue weighted by molar-refractivity contribution is 0.0948. The second-order valence-electron chi connectivity index (χ2n) is 4.66. The molecule has 0 unspecified atom stereocenters. The van der Waals surface area contributed by atoms with Crippen LogP contribution < -0.4 is 5.32 Å². The SMILES string of the molecule is COCCCNC(=O)c1ccc(-c2noc(CCO)n2)cc1. The molecular weight excluding hydrogens is 286 g/mol. The molecule has 0 radical (unpaired) electrons. The Bertz CT molecular complexity index is 595. The third-order valence-corrected chi connectivity index (χ3v) is 3.01. The molecule has 1 amide bonds. The molecule has 0 aliphatic rings. The van der Waals surface area contributed by atoms with Crippen LogP contribution in [0.3, 0.4) is 0 Å². The van der Waals surface area contributed by atoms with Gasteiger partial charge in [-0.15, -0.1) is 0 Å². The summed E-state index contributed by atoms with van der Waals surface area (Å²) >= 11 is 0. The van der Waals surface area contributed by atoms with Gasteiger partial charge in [-0.2, -0.15) is 4.98 Å². The molecule has 0 saturated heterocycles. The molecule has 2 rings (SSSR count). The number of carbonyl (C=O) groups is 1. The Hall–Kier alpha value is -2.25. The summed E-state index contributed by atoms with van der Waals surface area (Å²) in [7, 11) is 1.63. The third-order valence-electron chi connectivity index (χ3n) is 3.01. The molecule has 118 valence electrons. The zero-order valence-electron chi connectivity index (χ0n) is 12.4. The summed E-state index contributed by atoms with van der Waals surface area (Å²) in [6.45, 7) is 1.15. The molecule has 0 aliphatic heterocycles. The fourth-order valence-electron chi connectivity index (χ4n) is 1.86. The molecule has 1 heterocycles. The summed E-state index contributed by atoms with van der Waals surface area (Å²) < 4.78 is 9.92. The van der Waals surface area contributed by atoms with Gasteiger partial charge < -0.3 is 19.7 Å². The average molecular weight is 305 g/mol. The van der Waals surface area contributed by atoms with E-state index >= 15 is 0 Å². The van der Waals surface area contributed by atoms with E-state index in [4.69, 9.17) is 14.4 Å². The maximum Gasteiger partial charge on any atom is 0.251 e. The first kappa shape index (κ1) is 16.1. The second-order valence-corrected chi connectivity index (χ2v) is 4.66. The van der Waals surface area contributed by atoms with E-state index in [1.807, 2.05) is 0 Å². The number of ether oxygens (including phenoxy) is 1. The van der Waals surface area contributed by atoms with Crippen LogP contribution in [0.4, 0.5) is 0 Å². The molecule has 0 saturated carbocycles. The van der Waals surface area contributed by atoms with Crippen molar-refractivity contribution in [3.05, 3.63) is 35.7 Å². The van der Waals surface area contributed by atoms with Gasteiger partial charge in [-0.05, 0) is 18.6 Å².